The van der Waals surface area contributed by atoms with Crippen LogP contribution in [0, 0.1) is 0 Å². The van der Waals surface area contributed by atoms with Crippen LogP contribution >= 0.6 is 35.0 Å². The highest BCUT2D eigenvalue weighted by molar-refractivity contribution is 7.99. The van der Waals surface area contributed by atoms with Gasteiger partial charge < -0.3 is 10.2 Å². The monoisotopic (exact) mass is 492 g/mol. The van der Waals surface area contributed by atoms with Gasteiger partial charge in [0.2, 0.25) is 11.8 Å². The summed E-state index contributed by atoms with van der Waals surface area (Å²) in [6.45, 7) is 2.33. The average molecular weight is 494 g/mol. The Morgan fingerprint density at radius 1 is 1.09 bits per heavy atom. The first kappa shape index (κ1) is 24.9. The lowest BCUT2D eigenvalue weighted by Gasteiger charge is -2.31. The summed E-state index contributed by atoms with van der Waals surface area (Å²) in [6, 6.07) is 14.8. The number of benzene rings is 2. The minimum atomic E-state index is -0.500. The van der Waals surface area contributed by atoms with Gasteiger partial charge >= 0.3 is 0 Å². The van der Waals surface area contributed by atoms with E-state index in [1.807, 2.05) is 55.5 Å². The summed E-state index contributed by atoms with van der Waals surface area (Å²) in [5.41, 5.74) is 1.95. The van der Waals surface area contributed by atoms with E-state index in [0.717, 1.165) is 36.8 Å². The second kappa shape index (κ2) is 12.5. The second-order valence-corrected chi connectivity index (χ2v) is 9.98. The highest BCUT2D eigenvalue weighted by atomic mass is 35.5. The molecule has 0 unspecified atom stereocenters. The zero-order valence-corrected chi connectivity index (χ0v) is 20.7. The lowest BCUT2D eigenvalue weighted by atomic mass is 10.1. The van der Waals surface area contributed by atoms with Gasteiger partial charge in [-0.2, -0.15) is 0 Å². The standard InChI is InChI=1S/C25H30Cl2N2O2S/c1-2-23(25(31)28-21-8-4-5-9-21)29(15-18-11-13-20(26)14-12-18)24(30)17-32-16-19-7-3-6-10-22(19)27/h3,6-7,10-14,21,23H,2,4-5,8-9,15-17H2,1H3,(H,28,31)/t23-/m1/s1. The molecule has 0 spiro atoms. The summed E-state index contributed by atoms with van der Waals surface area (Å²) in [4.78, 5) is 28.1. The van der Waals surface area contributed by atoms with E-state index in [0.29, 0.717) is 28.8 Å². The van der Waals surface area contributed by atoms with Crippen LogP contribution in [0.3, 0.4) is 0 Å². The summed E-state index contributed by atoms with van der Waals surface area (Å²) in [7, 11) is 0. The molecule has 2 amide bonds. The van der Waals surface area contributed by atoms with Gasteiger partial charge in [-0.3, -0.25) is 9.59 Å². The molecule has 1 atom stereocenters. The van der Waals surface area contributed by atoms with Crippen molar-refractivity contribution >= 4 is 46.8 Å². The molecule has 1 aliphatic rings. The molecule has 0 radical (unpaired) electrons. The smallest absolute Gasteiger partial charge is 0.243 e. The predicted molar refractivity (Wildman–Crippen MR) is 134 cm³/mol. The number of amides is 2. The molecule has 172 valence electrons. The van der Waals surface area contributed by atoms with Crippen molar-refractivity contribution in [2.24, 2.45) is 0 Å². The molecule has 0 aliphatic heterocycles. The topological polar surface area (TPSA) is 49.4 Å². The van der Waals surface area contributed by atoms with E-state index < -0.39 is 6.04 Å². The zero-order valence-electron chi connectivity index (χ0n) is 18.4. The number of hydrogen-bond acceptors (Lipinski definition) is 3. The van der Waals surface area contributed by atoms with Gasteiger partial charge in [0.25, 0.3) is 0 Å². The van der Waals surface area contributed by atoms with E-state index in [4.69, 9.17) is 23.2 Å². The number of hydrogen-bond donors (Lipinski definition) is 1. The van der Waals surface area contributed by atoms with Crippen LogP contribution in [0.15, 0.2) is 48.5 Å². The molecular formula is C25H30Cl2N2O2S. The molecule has 0 aromatic heterocycles. The Labute approximate surface area is 205 Å². The molecule has 7 heteroatoms. The van der Waals surface area contributed by atoms with E-state index in [1.165, 1.54) is 11.8 Å². The molecule has 32 heavy (non-hydrogen) atoms. The fourth-order valence-electron chi connectivity index (χ4n) is 4.02. The van der Waals surface area contributed by atoms with Gasteiger partial charge in [0, 0.05) is 28.4 Å². The van der Waals surface area contributed by atoms with Gasteiger partial charge in [-0.1, -0.05) is 73.3 Å². The maximum absolute atomic E-state index is 13.3. The Morgan fingerprint density at radius 3 is 2.44 bits per heavy atom. The summed E-state index contributed by atoms with van der Waals surface area (Å²) in [5, 5.41) is 4.52. The Bertz CT molecular complexity index is 901. The zero-order chi connectivity index (χ0) is 22.9. The van der Waals surface area contributed by atoms with Crippen LogP contribution < -0.4 is 5.32 Å². The first-order chi connectivity index (χ1) is 15.5. The lowest BCUT2D eigenvalue weighted by molar-refractivity contribution is -0.139. The van der Waals surface area contributed by atoms with Crippen molar-refractivity contribution in [3.05, 3.63) is 69.7 Å². The van der Waals surface area contributed by atoms with Crippen LogP contribution in [0.5, 0.6) is 0 Å². The fourth-order valence-corrected chi connectivity index (χ4v) is 5.34. The molecule has 1 aliphatic carbocycles. The number of nitrogens with zero attached hydrogens (tertiary/aromatic N) is 1. The average Bonchev–Trinajstić information content (AvgIpc) is 3.29. The van der Waals surface area contributed by atoms with E-state index in [2.05, 4.69) is 5.32 Å². The maximum atomic E-state index is 13.3. The highest BCUT2D eigenvalue weighted by Gasteiger charge is 2.30. The molecular weight excluding hydrogens is 463 g/mol. The number of thioether (sulfide) groups is 1. The van der Waals surface area contributed by atoms with Crippen molar-refractivity contribution in [3.8, 4) is 0 Å². The second-order valence-electron chi connectivity index (χ2n) is 8.15. The molecule has 4 nitrogen and oxygen atoms in total. The quantitative estimate of drug-likeness (QED) is 0.436. The molecule has 1 saturated carbocycles. The van der Waals surface area contributed by atoms with Crippen LogP contribution in [0.4, 0.5) is 0 Å². The number of carbonyl (C=O) groups is 2. The molecule has 0 saturated heterocycles. The minimum Gasteiger partial charge on any atom is -0.352 e. The van der Waals surface area contributed by atoms with Crippen LogP contribution in [-0.2, 0) is 21.9 Å². The van der Waals surface area contributed by atoms with Gasteiger partial charge in [-0.15, -0.1) is 11.8 Å². The largest absolute Gasteiger partial charge is 0.352 e. The van der Waals surface area contributed by atoms with E-state index >= 15 is 0 Å². The van der Waals surface area contributed by atoms with Crippen LogP contribution in [-0.4, -0.2) is 34.6 Å². The summed E-state index contributed by atoms with van der Waals surface area (Å²) < 4.78 is 0. The fraction of sp³-hybridized carbons (Fsp3) is 0.440. The summed E-state index contributed by atoms with van der Waals surface area (Å²) >= 11 is 13.8. The van der Waals surface area contributed by atoms with Gasteiger partial charge in [-0.05, 0) is 48.6 Å². The maximum Gasteiger partial charge on any atom is 0.243 e. The number of halogens is 2. The number of nitrogens with one attached hydrogen (secondary N) is 1. The third-order valence-corrected chi connectivity index (χ3v) is 7.38. The van der Waals surface area contributed by atoms with Gasteiger partial charge in [-0.25, -0.2) is 0 Å². The number of rotatable bonds is 10. The first-order valence-electron chi connectivity index (χ1n) is 11.1. The third-order valence-electron chi connectivity index (χ3n) is 5.79. The Balaban J connectivity index is 1.70. The normalized spacial score (nSPS) is 14.8. The summed E-state index contributed by atoms with van der Waals surface area (Å²) in [6.07, 6.45) is 4.89. The number of carbonyl (C=O) groups excluding carboxylic acids is 2. The van der Waals surface area contributed by atoms with Gasteiger partial charge in [0.05, 0.1) is 5.75 Å². The van der Waals surface area contributed by atoms with E-state index in [1.54, 1.807) is 4.90 Å². The van der Waals surface area contributed by atoms with Crippen molar-refractivity contribution in [2.75, 3.05) is 5.75 Å². The Hall–Kier alpha value is -1.69. The highest BCUT2D eigenvalue weighted by Crippen LogP contribution is 2.23. The van der Waals surface area contributed by atoms with Crippen LogP contribution in [0.25, 0.3) is 0 Å². The van der Waals surface area contributed by atoms with E-state index in [-0.39, 0.29) is 23.6 Å². The molecule has 2 aromatic rings. The SMILES string of the molecule is CC[C@H](C(=O)NC1CCCC1)N(Cc1ccc(Cl)cc1)C(=O)CSCc1ccccc1Cl. The molecule has 1 N–H and O–H groups in total. The molecule has 1 fully saturated rings. The van der Waals surface area contributed by atoms with Crippen molar-refractivity contribution < 1.29 is 9.59 Å². The summed E-state index contributed by atoms with van der Waals surface area (Å²) in [5.74, 6) is 0.820. The lowest BCUT2D eigenvalue weighted by Crippen LogP contribution is -2.51. The Morgan fingerprint density at radius 2 is 1.78 bits per heavy atom. The van der Waals surface area contributed by atoms with Gasteiger partial charge in [0.15, 0.2) is 0 Å². The van der Waals surface area contributed by atoms with Crippen molar-refractivity contribution in [1.29, 1.82) is 0 Å². The Kier molecular flexibility index (Phi) is 9.76. The first-order valence-corrected chi connectivity index (χ1v) is 13.0. The predicted octanol–water partition coefficient (Wildman–Crippen LogP) is 6.09. The minimum absolute atomic E-state index is 0.0505. The van der Waals surface area contributed by atoms with Crippen molar-refractivity contribution in [3.63, 3.8) is 0 Å². The molecule has 0 bridgehead atoms. The van der Waals surface area contributed by atoms with Crippen molar-refractivity contribution in [2.45, 2.75) is 63.4 Å². The van der Waals surface area contributed by atoms with Crippen LogP contribution in [0.1, 0.15) is 50.2 Å². The molecule has 3 rings (SSSR count). The third kappa shape index (κ3) is 7.16. The van der Waals surface area contributed by atoms with Gasteiger partial charge in [0.1, 0.15) is 6.04 Å². The molecule has 2 aromatic carbocycles. The van der Waals surface area contributed by atoms with E-state index in [9.17, 15) is 9.59 Å². The molecule has 0 heterocycles. The van der Waals surface area contributed by atoms with Crippen molar-refractivity contribution in [1.82, 2.24) is 10.2 Å². The van der Waals surface area contributed by atoms with Crippen LogP contribution in [0.2, 0.25) is 10.0 Å².